The van der Waals surface area contributed by atoms with E-state index in [1.54, 1.807) is 6.07 Å². The molecule has 2 aromatic rings. The molecular weight excluding hydrogens is 296 g/mol. The van der Waals surface area contributed by atoms with Crippen molar-refractivity contribution >= 4 is 11.6 Å². The second-order valence-corrected chi connectivity index (χ2v) is 4.60. The van der Waals surface area contributed by atoms with E-state index >= 15 is 0 Å². The molecule has 20 heavy (non-hydrogen) atoms. The lowest BCUT2D eigenvalue weighted by atomic mass is 9.99. The van der Waals surface area contributed by atoms with Crippen molar-refractivity contribution in [1.82, 2.24) is 0 Å². The molecule has 106 valence electrons. The van der Waals surface area contributed by atoms with Crippen molar-refractivity contribution in [3.05, 3.63) is 70.0 Å². The van der Waals surface area contributed by atoms with E-state index in [9.17, 15) is 22.7 Å². The van der Waals surface area contributed by atoms with Crippen LogP contribution in [0.1, 0.15) is 22.8 Å². The quantitative estimate of drug-likeness (QED) is 0.805. The average molecular weight is 305 g/mol. The molecule has 1 atom stereocenters. The molecule has 0 saturated heterocycles. The molecule has 0 aliphatic rings. The summed E-state index contributed by atoms with van der Waals surface area (Å²) in [5.74, 6) is -1.48. The van der Waals surface area contributed by atoms with Gasteiger partial charge >= 0.3 is 6.18 Å². The van der Waals surface area contributed by atoms with Gasteiger partial charge in [0.05, 0.1) is 5.56 Å². The molecule has 0 spiro atoms. The molecule has 0 bridgehead atoms. The Bertz CT molecular complexity index is 625. The molecule has 2 rings (SSSR count). The molecule has 0 fully saturated rings. The van der Waals surface area contributed by atoms with Gasteiger partial charge in [0, 0.05) is 10.6 Å². The van der Waals surface area contributed by atoms with E-state index in [1.807, 2.05) is 0 Å². The number of aliphatic hydroxyl groups excluding tert-OH is 1. The highest BCUT2D eigenvalue weighted by atomic mass is 35.5. The van der Waals surface area contributed by atoms with Crippen molar-refractivity contribution in [3.63, 3.8) is 0 Å². The monoisotopic (exact) mass is 304 g/mol. The maximum absolute atomic E-state index is 13.9. The molecule has 0 aromatic heterocycles. The van der Waals surface area contributed by atoms with Crippen molar-refractivity contribution in [1.29, 1.82) is 0 Å². The van der Waals surface area contributed by atoms with Gasteiger partial charge in [-0.1, -0.05) is 35.9 Å². The molecule has 0 aliphatic heterocycles. The first-order chi connectivity index (χ1) is 9.30. The minimum Gasteiger partial charge on any atom is -0.384 e. The van der Waals surface area contributed by atoms with Gasteiger partial charge in [0.2, 0.25) is 0 Å². The lowest BCUT2D eigenvalue weighted by Crippen LogP contribution is -2.12. The van der Waals surface area contributed by atoms with Crippen LogP contribution in [0.25, 0.3) is 0 Å². The summed E-state index contributed by atoms with van der Waals surface area (Å²) in [6.45, 7) is 0. The van der Waals surface area contributed by atoms with Crippen LogP contribution in [0.2, 0.25) is 5.02 Å². The SMILES string of the molecule is OC(c1cccc(Cl)c1)c1cccc(C(F)(F)F)c1F. The maximum atomic E-state index is 13.9. The lowest BCUT2D eigenvalue weighted by molar-refractivity contribution is -0.140. The highest BCUT2D eigenvalue weighted by Crippen LogP contribution is 2.35. The third-order valence-electron chi connectivity index (χ3n) is 2.79. The van der Waals surface area contributed by atoms with Gasteiger partial charge in [-0.3, -0.25) is 0 Å². The zero-order valence-corrected chi connectivity index (χ0v) is 10.7. The van der Waals surface area contributed by atoms with E-state index in [0.29, 0.717) is 11.1 Å². The fourth-order valence-corrected chi connectivity index (χ4v) is 2.03. The summed E-state index contributed by atoms with van der Waals surface area (Å²) >= 11 is 5.74. The van der Waals surface area contributed by atoms with Gasteiger partial charge in [0.1, 0.15) is 11.9 Å². The second-order valence-electron chi connectivity index (χ2n) is 4.16. The van der Waals surface area contributed by atoms with Gasteiger partial charge in [-0.15, -0.1) is 0 Å². The fourth-order valence-electron chi connectivity index (χ4n) is 1.84. The van der Waals surface area contributed by atoms with E-state index in [2.05, 4.69) is 0 Å². The Kier molecular flexibility index (Phi) is 4.01. The molecule has 1 N–H and O–H groups in total. The predicted octanol–water partition coefficient (Wildman–Crippen LogP) is 4.58. The van der Waals surface area contributed by atoms with E-state index in [-0.39, 0.29) is 5.56 Å². The van der Waals surface area contributed by atoms with Crippen LogP contribution in [-0.2, 0) is 6.18 Å². The first-order valence-corrected chi connectivity index (χ1v) is 5.97. The van der Waals surface area contributed by atoms with Crippen molar-refractivity contribution in [2.45, 2.75) is 12.3 Å². The van der Waals surface area contributed by atoms with Crippen molar-refractivity contribution in [2.24, 2.45) is 0 Å². The van der Waals surface area contributed by atoms with Crippen molar-refractivity contribution in [3.8, 4) is 0 Å². The van der Waals surface area contributed by atoms with Crippen LogP contribution in [0, 0.1) is 5.82 Å². The third kappa shape index (κ3) is 2.94. The van der Waals surface area contributed by atoms with Crippen LogP contribution >= 0.6 is 11.6 Å². The first-order valence-electron chi connectivity index (χ1n) is 5.60. The third-order valence-corrected chi connectivity index (χ3v) is 3.03. The minimum absolute atomic E-state index is 0.218. The van der Waals surface area contributed by atoms with Gasteiger partial charge < -0.3 is 5.11 Å². The fraction of sp³-hybridized carbons (Fsp3) is 0.143. The Hall–Kier alpha value is -1.59. The molecule has 6 heteroatoms. The summed E-state index contributed by atoms with van der Waals surface area (Å²) in [6.07, 6.45) is -6.33. The van der Waals surface area contributed by atoms with E-state index in [4.69, 9.17) is 11.6 Å². The Morgan fingerprint density at radius 2 is 1.70 bits per heavy atom. The van der Waals surface area contributed by atoms with Crippen molar-refractivity contribution in [2.75, 3.05) is 0 Å². The van der Waals surface area contributed by atoms with Crippen LogP contribution < -0.4 is 0 Å². The number of hydrogen-bond acceptors (Lipinski definition) is 1. The van der Waals surface area contributed by atoms with Crippen LogP contribution in [-0.4, -0.2) is 5.11 Å². The molecule has 0 heterocycles. The lowest BCUT2D eigenvalue weighted by Gasteiger charge is -2.16. The molecule has 0 saturated carbocycles. The van der Waals surface area contributed by atoms with Gasteiger partial charge in [-0.05, 0) is 23.8 Å². The van der Waals surface area contributed by atoms with Crippen LogP contribution in [0.15, 0.2) is 42.5 Å². The number of alkyl halides is 3. The number of halogens is 5. The highest BCUT2D eigenvalue weighted by Gasteiger charge is 2.35. The second kappa shape index (κ2) is 5.42. The van der Waals surface area contributed by atoms with Gasteiger partial charge in [0.15, 0.2) is 0 Å². The van der Waals surface area contributed by atoms with Gasteiger partial charge in [-0.25, -0.2) is 4.39 Å². The summed E-state index contributed by atoms with van der Waals surface area (Å²) in [7, 11) is 0. The smallest absolute Gasteiger partial charge is 0.384 e. The van der Waals surface area contributed by atoms with Gasteiger partial charge in [-0.2, -0.15) is 13.2 Å². The molecular formula is C14H9ClF4O. The molecule has 0 amide bonds. The van der Waals surface area contributed by atoms with Crippen molar-refractivity contribution < 1.29 is 22.7 Å². The Morgan fingerprint density at radius 1 is 1.05 bits per heavy atom. The predicted molar refractivity (Wildman–Crippen MR) is 66.9 cm³/mol. The number of benzene rings is 2. The summed E-state index contributed by atoms with van der Waals surface area (Å²) in [6, 6.07) is 8.67. The van der Waals surface area contributed by atoms with E-state index in [1.165, 1.54) is 18.2 Å². The normalized spacial score (nSPS) is 13.3. The van der Waals surface area contributed by atoms with Gasteiger partial charge in [0.25, 0.3) is 0 Å². The molecule has 0 aliphatic carbocycles. The molecule has 1 unspecified atom stereocenters. The maximum Gasteiger partial charge on any atom is 0.419 e. The Balaban J connectivity index is 2.48. The molecule has 1 nitrogen and oxygen atoms in total. The minimum atomic E-state index is -4.81. The summed E-state index contributed by atoms with van der Waals surface area (Å²) in [4.78, 5) is 0. The van der Waals surface area contributed by atoms with Crippen LogP contribution in [0.4, 0.5) is 17.6 Å². The topological polar surface area (TPSA) is 20.2 Å². The largest absolute Gasteiger partial charge is 0.419 e. The highest BCUT2D eigenvalue weighted by molar-refractivity contribution is 6.30. The summed E-state index contributed by atoms with van der Waals surface area (Å²) < 4.78 is 51.7. The number of hydrogen-bond donors (Lipinski definition) is 1. The van der Waals surface area contributed by atoms with E-state index < -0.39 is 29.2 Å². The number of aliphatic hydroxyl groups is 1. The number of rotatable bonds is 2. The Morgan fingerprint density at radius 3 is 2.30 bits per heavy atom. The van der Waals surface area contributed by atoms with Crippen LogP contribution in [0.3, 0.4) is 0 Å². The summed E-state index contributed by atoms with van der Waals surface area (Å²) in [5.41, 5.74) is -1.63. The average Bonchev–Trinajstić information content (AvgIpc) is 2.37. The zero-order valence-electron chi connectivity index (χ0n) is 9.96. The molecule has 0 radical (unpaired) electrons. The van der Waals surface area contributed by atoms with Crippen LogP contribution in [0.5, 0.6) is 0 Å². The Labute approximate surface area is 117 Å². The standard InChI is InChI=1S/C14H9ClF4O/c15-9-4-1-3-8(7-9)13(20)10-5-2-6-11(12(10)16)14(17,18)19/h1-7,13,20H. The summed E-state index contributed by atoms with van der Waals surface area (Å²) in [5, 5.41) is 10.3. The first kappa shape index (κ1) is 14.8. The van der Waals surface area contributed by atoms with E-state index in [0.717, 1.165) is 12.1 Å². The molecule has 2 aromatic carbocycles. The zero-order chi connectivity index (χ0) is 14.9.